The van der Waals surface area contributed by atoms with Gasteiger partial charge in [-0.05, 0) is 48.9 Å². The van der Waals surface area contributed by atoms with Crippen molar-refractivity contribution in [2.75, 3.05) is 39.3 Å². The van der Waals surface area contributed by atoms with Gasteiger partial charge in [0.1, 0.15) is 12.4 Å². The van der Waals surface area contributed by atoms with E-state index in [2.05, 4.69) is 48.8 Å². The molecule has 134 valence electrons. The van der Waals surface area contributed by atoms with Gasteiger partial charge in [-0.25, -0.2) is 0 Å². The number of nitrogens with zero attached hydrogens (tertiary/aromatic N) is 2. The van der Waals surface area contributed by atoms with Crippen molar-refractivity contribution in [3.63, 3.8) is 0 Å². The Bertz CT molecular complexity index is 515. The Kier molecular flexibility index (Phi) is 6.18. The van der Waals surface area contributed by atoms with Crippen molar-refractivity contribution in [1.29, 1.82) is 0 Å². The molecule has 1 saturated heterocycles. The summed E-state index contributed by atoms with van der Waals surface area (Å²) in [4.78, 5) is 5.28. The summed E-state index contributed by atoms with van der Waals surface area (Å²) >= 11 is 0. The molecule has 1 heterocycles. The molecule has 0 bridgehead atoms. The van der Waals surface area contributed by atoms with E-state index < -0.39 is 0 Å². The van der Waals surface area contributed by atoms with Crippen LogP contribution in [-0.2, 0) is 0 Å². The van der Waals surface area contributed by atoms with E-state index in [1.807, 2.05) is 0 Å². The van der Waals surface area contributed by atoms with Crippen LogP contribution in [0, 0.1) is 6.92 Å². The molecule has 3 heteroatoms. The summed E-state index contributed by atoms with van der Waals surface area (Å²) in [5.74, 6) is 1.59. The minimum Gasteiger partial charge on any atom is -0.492 e. The molecule has 1 aromatic carbocycles. The van der Waals surface area contributed by atoms with Gasteiger partial charge in [0.15, 0.2) is 0 Å². The molecule has 0 aromatic heterocycles. The van der Waals surface area contributed by atoms with Crippen LogP contribution in [0.4, 0.5) is 0 Å². The van der Waals surface area contributed by atoms with Crippen LogP contribution < -0.4 is 4.74 Å². The summed E-state index contributed by atoms with van der Waals surface area (Å²) in [7, 11) is 0. The van der Waals surface area contributed by atoms with Gasteiger partial charge in [-0.1, -0.05) is 32.8 Å². The largest absolute Gasteiger partial charge is 0.492 e. The molecule has 0 amide bonds. The summed E-state index contributed by atoms with van der Waals surface area (Å²) in [6.45, 7) is 13.4. The SMILES string of the molecule is Cc1cc(OCCN2CCN(C3CCCC3)CC2)ccc1C(C)C. The Morgan fingerprint density at radius 1 is 1.08 bits per heavy atom. The molecule has 2 aliphatic rings. The lowest BCUT2D eigenvalue weighted by atomic mass is 9.98. The summed E-state index contributed by atoms with van der Waals surface area (Å²) in [6, 6.07) is 7.41. The van der Waals surface area contributed by atoms with Gasteiger partial charge in [-0.2, -0.15) is 0 Å². The van der Waals surface area contributed by atoms with Crippen LogP contribution in [0.2, 0.25) is 0 Å². The number of rotatable bonds is 6. The molecule has 24 heavy (non-hydrogen) atoms. The lowest BCUT2D eigenvalue weighted by molar-refractivity contribution is 0.0881. The highest BCUT2D eigenvalue weighted by Crippen LogP contribution is 2.25. The smallest absolute Gasteiger partial charge is 0.119 e. The van der Waals surface area contributed by atoms with Crippen LogP contribution >= 0.6 is 0 Å². The Morgan fingerprint density at radius 3 is 2.42 bits per heavy atom. The van der Waals surface area contributed by atoms with Crippen LogP contribution in [0.1, 0.15) is 56.6 Å². The summed E-state index contributed by atoms with van der Waals surface area (Å²) in [6.07, 6.45) is 5.73. The highest BCUT2D eigenvalue weighted by Gasteiger charge is 2.25. The molecule has 0 atom stereocenters. The predicted molar refractivity (Wildman–Crippen MR) is 101 cm³/mol. The monoisotopic (exact) mass is 330 g/mol. The minimum atomic E-state index is 0.579. The van der Waals surface area contributed by atoms with Crippen molar-refractivity contribution in [1.82, 2.24) is 9.80 Å². The highest BCUT2D eigenvalue weighted by atomic mass is 16.5. The number of ether oxygens (including phenoxy) is 1. The number of piperazine rings is 1. The van der Waals surface area contributed by atoms with Crippen molar-refractivity contribution < 1.29 is 4.74 Å². The van der Waals surface area contributed by atoms with Gasteiger partial charge in [-0.3, -0.25) is 9.80 Å². The fourth-order valence-electron chi connectivity index (χ4n) is 4.30. The first kappa shape index (κ1) is 17.8. The maximum atomic E-state index is 6.00. The van der Waals surface area contributed by atoms with Gasteiger partial charge in [-0.15, -0.1) is 0 Å². The fourth-order valence-corrected chi connectivity index (χ4v) is 4.30. The lowest BCUT2D eigenvalue weighted by Gasteiger charge is -2.38. The van der Waals surface area contributed by atoms with Crippen LogP contribution in [0.15, 0.2) is 18.2 Å². The van der Waals surface area contributed by atoms with Crippen LogP contribution in [-0.4, -0.2) is 55.2 Å². The second-order valence-electron chi connectivity index (χ2n) is 7.84. The number of hydrogen-bond donors (Lipinski definition) is 0. The third-order valence-corrected chi connectivity index (χ3v) is 5.79. The third-order valence-electron chi connectivity index (χ3n) is 5.79. The van der Waals surface area contributed by atoms with E-state index in [-0.39, 0.29) is 0 Å². The summed E-state index contributed by atoms with van der Waals surface area (Å²) in [5.41, 5.74) is 2.76. The molecule has 1 saturated carbocycles. The average Bonchev–Trinajstić information content (AvgIpc) is 3.10. The van der Waals surface area contributed by atoms with Crippen molar-refractivity contribution in [2.45, 2.75) is 58.4 Å². The van der Waals surface area contributed by atoms with Crippen molar-refractivity contribution in [2.24, 2.45) is 0 Å². The van der Waals surface area contributed by atoms with Gasteiger partial charge in [0.05, 0.1) is 0 Å². The van der Waals surface area contributed by atoms with Crippen LogP contribution in [0.25, 0.3) is 0 Å². The molecule has 0 radical (unpaired) electrons. The Labute approximate surface area is 148 Å². The molecular formula is C21H34N2O. The Hall–Kier alpha value is -1.06. The van der Waals surface area contributed by atoms with Gasteiger partial charge in [0.25, 0.3) is 0 Å². The topological polar surface area (TPSA) is 15.7 Å². The van der Waals surface area contributed by atoms with E-state index in [0.717, 1.165) is 24.9 Å². The molecular weight excluding hydrogens is 296 g/mol. The molecule has 1 aliphatic heterocycles. The zero-order chi connectivity index (χ0) is 16.9. The molecule has 0 spiro atoms. The maximum Gasteiger partial charge on any atom is 0.119 e. The van der Waals surface area contributed by atoms with E-state index in [0.29, 0.717) is 5.92 Å². The lowest BCUT2D eigenvalue weighted by Crippen LogP contribution is -2.50. The minimum absolute atomic E-state index is 0.579. The molecule has 1 aromatic rings. The predicted octanol–water partition coefficient (Wildman–Crippen LogP) is 4.06. The average molecular weight is 331 g/mol. The molecule has 2 fully saturated rings. The number of hydrogen-bond acceptors (Lipinski definition) is 3. The normalized spacial score (nSPS) is 20.8. The summed E-state index contributed by atoms with van der Waals surface area (Å²) < 4.78 is 6.00. The second kappa shape index (κ2) is 8.35. The van der Waals surface area contributed by atoms with E-state index in [1.54, 1.807) is 0 Å². The molecule has 0 N–H and O–H groups in total. The first-order chi connectivity index (χ1) is 11.6. The highest BCUT2D eigenvalue weighted by molar-refractivity contribution is 5.36. The van der Waals surface area contributed by atoms with Crippen LogP contribution in [0.3, 0.4) is 0 Å². The van der Waals surface area contributed by atoms with Crippen molar-refractivity contribution in [3.8, 4) is 5.75 Å². The summed E-state index contributed by atoms with van der Waals surface area (Å²) in [5, 5.41) is 0. The zero-order valence-corrected chi connectivity index (χ0v) is 15.8. The van der Waals surface area contributed by atoms with Gasteiger partial charge >= 0.3 is 0 Å². The van der Waals surface area contributed by atoms with E-state index in [4.69, 9.17) is 4.74 Å². The second-order valence-corrected chi connectivity index (χ2v) is 7.84. The quantitative estimate of drug-likeness (QED) is 0.782. The first-order valence-electron chi connectivity index (χ1n) is 9.83. The van der Waals surface area contributed by atoms with E-state index >= 15 is 0 Å². The third kappa shape index (κ3) is 4.52. The number of aryl methyl sites for hydroxylation is 1. The van der Waals surface area contributed by atoms with Crippen molar-refractivity contribution in [3.05, 3.63) is 29.3 Å². The van der Waals surface area contributed by atoms with Gasteiger partial charge in [0.2, 0.25) is 0 Å². The first-order valence-corrected chi connectivity index (χ1v) is 9.83. The fraction of sp³-hybridized carbons (Fsp3) is 0.714. The zero-order valence-electron chi connectivity index (χ0n) is 15.8. The van der Waals surface area contributed by atoms with Crippen LogP contribution in [0.5, 0.6) is 5.75 Å². The molecule has 3 nitrogen and oxygen atoms in total. The van der Waals surface area contributed by atoms with Gasteiger partial charge in [0, 0.05) is 38.8 Å². The Balaban J connectivity index is 1.39. The maximum absolute atomic E-state index is 6.00. The van der Waals surface area contributed by atoms with Crippen molar-refractivity contribution >= 4 is 0 Å². The van der Waals surface area contributed by atoms with Gasteiger partial charge < -0.3 is 4.74 Å². The molecule has 0 unspecified atom stereocenters. The number of benzene rings is 1. The molecule has 1 aliphatic carbocycles. The van der Waals surface area contributed by atoms with E-state index in [9.17, 15) is 0 Å². The Morgan fingerprint density at radius 2 is 1.79 bits per heavy atom. The van der Waals surface area contributed by atoms with E-state index in [1.165, 1.54) is 63.0 Å². The standard InChI is InChI=1S/C21H34N2O/c1-17(2)21-9-8-20(16-18(21)3)24-15-14-22-10-12-23(13-11-22)19-6-4-5-7-19/h8-9,16-17,19H,4-7,10-15H2,1-3H3. The molecule has 3 rings (SSSR count).